The SMILES string of the molecule is C(C[NH2+]C(c1ccccc1)c1ccccc1)=C(c1ccsc1)c1ccsc1.[Cl-]. The van der Waals surface area contributed by atoms with Crippen molar-refractivity contribution >= 4 is 28.2 Å². The lowest BCUT2D eigenvalue weighted by atomic mass is 9.98. The Balaban J connectivity index is 0.00000225. The van der Waals surface area contributed by atoms with Crippen molar-refractivity contribution in [1.29, 1.82) is 0 Å². The van der Waals surface area contributed by atoms with Gasteiger partial charge < -0.3 is 17.7 Å². The minimum atomic E-state index is 0. The quantitative estimate of drug-likeness (QED) is 0.470. The topological polar surface area (TPSA) is 16.6 Å². The van der Waals surface area contributed by atoms with Crippen LogP contribution in [0.2, 0.25) is 0 Å². The second kappa shape index (κ2) is 10.4. The summed E-state index contributed by atoms with van der Waals surface area (Å²) >= 11 is 3.50. The summed E-state index contributed by atoms with van der Waals surface area (Å²) in [6.45, 7) is 0.926. The van der Waals surface area contributed by atoms with Crippen LogP contribution in [0.15, 0.2) is 100 Å². The van der Waals surface area contributed by atoms with E-state index in [2.05, 4.69) is 106 Å². The molecular weight excluding hydrogens is 402 g/mol. The maximum Gasteiger partial charge on any atom is 0.138 e. The summed E-state index contributed by atoms with van der Waals surface area (Å²) in [6, 6.07) is 26.2. The molecule has 4 heteroatoms. The van der Waals surface area contributed by atoms with Crippen molar-refractivity contribution in [2.75, 3.05) is 6.54 Å². The van der Waals surface area contributed by atoms with E-state index < -0.39 is 0 Å². The van der Waals surface area contributed by atoms with Crippen LogP contribution < -0.4 is 17.7 Å². The molecule has 0 fully saturated rings. The molecule has 0 saturated carbocycles. The minimum absolute atomic E-state index is 0. The highest BCUT2D eigenvalue weighted by Gasteiger charge is 2.16. The highest BCUT2D eigenvalue weighted by molar-refractivity contribution is 7.08. The smallest absolute Gasteiger partial charge is 0.138 e. The fraction of sp³-hybridized carbons (Fsp3) is 0.0833. The van der Waals surface area contributed by atoms with E-state index in [1.54, 1.807) is 22.7 Å². The summed E-state index contributed by atoms with van der Waals surface area (Å²) in [5.41, 5.74) is 6.62. The Bertz CT molecular complexity index is 886. The lowest BCUT2D eigenvalue weighted by molar-refractivity contribution is -0.678. The lowest BCUT2D eigenvalue weighted by Crippen LogP contribution is -3.00. The number of hydrogen-bond acceptors (Lipinski definition) is 2. The molecule has 0 amide bonds. The summed E-state index contributed by atoms with van der Waals surface area (Å²) in [7, 11) is 0. The Kier molecular flexibility index (Phi) is 7.63. The first kappa shape index (κ1) is 20.6. The largest absolute Gasteiger partial charge is 1.00 e. The number of hydrogen-bond donors (Lipinski definition) is 1. The molecule has 0 aliphatic rings. The highest BCUT2D eigenvalue weighted by Crippen LogP contribution is 2.26. The van der Waals surface area contributed by atoms with E-state index in [1.807, 2.05) is 0 Å². The summed E-state index contributed by atoms with van der Waals surface area (Å²) in [5, 5.41) is 11.2. The second-order valence-corrected chi connectivity index (χ2v) is 7.97. The van der Waals surface area contributed by atoms with E-state index in [1.165, 1.54) is 27.8 Å². The fourth-order valence-corrected chi connectivity index (χ4v) is 4.66. The first-order chi connectivity index (χ1) is 13.4. The molecule has 2 aromatic heterocycles. The Morgan fingerprint density at radius 3 is 1.68 bits per heavy atom. The second-order valence-electron chi connectivity index (χ2n) is 6.41. The molecule has 0 saturated heterocycles. The first-order valence-corrected chi connectivity index (χ1v) is 11.0. The van der Waals surface area contributed by atoms with Gasteiger partial charge in [-0.3, -0.25) is 0 Å². The van der Waals surface area contributed by atoms with Gasteiger partial charge in [-0.1, -0.05) is 60.7 Å². The first-order valence-electron chi connectivity index (χ1n) is 9.10. The molecule has 4 rings (SSSR count). The van der Waals surface area contributed by atoms with Crippen LogP contribution in [0, 0.1) is 0 Å². The Morgan fingerprint density at radius 2 is 1.25 bits per heavy atom. The Morgan fingerprint density at radius 1 is 0.750 bits per heavy atom. The molecule has 0 spiro atoms. The average Bonchev–Trinajstić information content (AvgIpc) is 3.44. The van der Waals surface area contributed by atoms with Gasteiger partial charge in [0.25, 0.3) is 0 Å². The van der Waals surface area contributed by atoms with E-state index in [4.69, 9.17) is 0 Å². The van der Waals surface area contributed by atoms with Crippen LogP contribution >= 0.6 is 22.7 Å². The third-order valence-corrected chi connectivity index (χ3v) is 6.04. The summed E-state index contributed by atoms with van der Waals surface area (Å²) in [6.07, 6.45) is 2.36. The van der Waals surface area contributed by atoms with Gasteiger partial charge in [0.15, 0.2) is 0 Å². The van der Waals surface area contributed by atoms with Gasteiger partial charge in [-0.25, -0.2) is 0 Å². The molecule has 0 unspecified atom stereocenters. The van der Waals surface area contributed by atoms with E-state index in [0.717, 1.165) is 6.54 Å². The van der Waals surface area contributed by atoms with Gasteiger partial charge in [0.05, 0.1) is 6.54 Å². The summed E-state index contributed by atoms with van der Waals surface area (Å²) in [5.74, 6) is 0. The van der Waals surface area contributed by atoms with E-state index in [-0.39, 0.29) is 12.4 Å². The van der Waals surface area contributed by atoms with Crippen molar-refractivity contribution in [1.82, 2.24) is 0 Å². The zero-order valence-electron chi connectivity index (χ0n) is 15.4. The van der Waals surface area contributed by atoms with Crippen molar-refractivity contribution < 1.29 is 17.7 Å². The number of quaternary nitrogens is 1. The standard InChI is InChI=1S/C24H21NS2.ClH/c1-3-7-19(8-4-1)24(20-9-5-2-6-10-20)25-14-11-23(21-12-15-26-17-21)22-13-16-27-18-22;/h1-13,15-18,24-25H,14H2;1H. The molecule has 0 radical (unpaired) electrons. The van der Waals surface area contributed by atoms with Gasteiger partial charge in [0.2, 0.25) is 0 Å². The average molecular weight is 424 g/mol. The Labute approximate surface area is 180 Å². The number of rotatable bonds is 7. The predicted molar refractivity (Wildman–Crippen MR) is 117 cm³/mol. The van der Waals surface area contributed by atoms with Gasteiger partial charge in [0, 0.05) is 11.1 Å². The lowest BCUT2D eigenvalue weighted by Gasteiger charge is -2.16. The van der Waals surface area contributed by atoms with Crippen LogP contribution in [-0.2, 0) is 0 Å². The molecule has 28 heavy (non-hydrogen) atoms. The molecule has 0 atom stereocenters. The monoisotopic (exact) mass is 423 g/mol. The molecule has 2 aromatic carbocycles. The van der Waals surface area contributed by atoms with Gasteiger partial charge in [0.1, 0.15) is 6.04 Å². The molecule has 142 valence electrons. The summed E-state index contributed by atoms with van der Waals surface area (Å²) < 4.78 is 0. The Hall–Kier alpha value is -2.17. The molecule has 0 aliphatic heterocycles. The molecule has 0 aliphatic carbocycles. The number of thiophene rings is 2. The zero-order chi connectivity index (χ0) is 18.3. The van der Waals surface area contributed by atoms with Crippen LogP contribution in [0.5, 0.6) is 0 Å². The molecular formula is C24H22ClNS2. The third-order valence-electron chi connectivity index (χ3n) is 4.68. The number of nitrogens with two attached hydrogens (primary N) is 1. The van der Waals surface area contributed by atoms with E-state index in [0.29, 0.717) is 6.04 Å². The van der Waals surface area contributed by atoms with Crippen molar-refractivity contribution in [3.05, 3.63) is 123 Å². The van der Waals surface area contributed by atoms with Crippen LogP contribution in [0.4, 0.5) is 0 Å². The summed E-state index contributed by atoms with van der Waals surface area (Å²) in [4.78, 5) is 0. The fourth-order valence-electron chi connectivity index (χ4n) is 3.35. The van der Waals surface area contributed by atoms with Gasteiger partial charge in [-0.05, 0) is 56.4 Å². The maximum atomic E-state index is 2.42. The number of halogens is 1. The van der Waals surface area contributed by atoms with Crippen LogP contribution in [0.3, 0.4) is 0 Å². The van der Waals surface area contributed by atoms with Crippen molar-refractivity contribution in [2.24, 2.45) is 0 Å². The predicted octanol–water partition coefficient (Wildman–Crippen LogP) is 2.60. The van der Waals surface area contributed by atoms with Crippen molar-refractivity contribution in [2.45, 2.75) is 6.04 Å². The molecule has 2 N–H and O–H groups in total. The minimum Gasteiger partial charge on any atom is -1.00 e. The van der Waals surface area contributed by atoms with E-state index >= 15 is 0 Å². The van der Waals surface area contributed by atoms with Crippen molar-refractivity contribution in [3.8, 4) is 0 Å². The molecule has 2 heterocycles. The van der Waals surface area contributed by atoms with Gasteiger partial charge >= 0.3 is 0 Å². The molecule has 1 nitrogen and oxygen atoms in total. The van der Waals surface area contributed by atoms with Gasteiger partial charge in [-0.2, -0.15) is 22.7 Å². The van der Waals surface area contributed by atoms with Crippen LogP contribution in [0.1, 0.15) is 28.3 Å². The normalized spacial score (nSPS) is 10.5. The molecule has 4 aromatic rings. The van der Waals surface area contributed by atoms with Crippen molar-refractivity contribution in [3.63, 3.8) is 0 Å². The van der Waals surface area contributed by atoms with E-state index in [9.17, 15) is 0 Å². The van der Waals surface area contributed by atoms with Crippen LogP contribution in [-0.4, -0.2) is 6.54 Å². The third kappa shape index (κ3) is 5.00. The molecule has 0 bridgehead atoms. The maximum absolute atomic E-state index is 2.42. The number of benzene rings is 2. The van der Waals surface area contributed by atoms with Gasteiger partial charge in [-0.15, -0.1) is 0 Å². The van der Waals surface area contributed by atoms with Crippen LogP contribution in [0.25, 0.3) is 5.57 Å². The zero-order valence-corrected chi connectivity index (χ0v) is 17.8. The highest BCUT2D eigenvalue weighted by atomic mass is 35.5.